The van der Waals surface area contributed by atoms with Gasteiger partial charge in [0.15, 0.2) is 0 Å². The molecule has 6 heteroatoms. The molecule has 21 heavy (non-hydrogen) atoms. The van der Waals surface area contributed by atoms with Gasteiger partial charge in [-0.05, 0) is 42.9 Å². The molecule has 116 valence electrons. The molecule has 1 saturated heterocycles. The van der Waals surface area contributed by atoms with E-state index in [1.54, 1.807) is 16.4 Å². The summed E-state index contributed by atoms with van der Waals surface area (Å²) in [5, 5.41) is 8.96. The molecule has 0 amide bonds. The van der Waals surface area contributed by atoms with Crippen molar-refractivity contribution in [3.63, 3.8) is 0 Å². The first-order valence-electron chi connectivity index (χ1n) is 7.18. The maximum absolute atomic E-state index is 12.5. The van der Waals surface area contributed by atoms with Crippen LogP contribution in [-0.4, -0.2) is 36.9 Å². The van der Waals surface area contributed by atoms with Gasteiger partial charge in [-0.2, -0.15) is 0 Å². The number of benzene rings is 1. The molecule has 0 bridgehead atoms. The molecule has 1 heterocycles. The Morgan fingerprint density at radius 1 is 1.33 bits per heavy atom. The smallest absolute Gasteiger partial charge is 0.335 e. The molecule has 0 saturated carbocycles. The van der Waals surface area contributed by atoms with Crippen LogP contribution in [0.3, 0.4) is 0 Å². The summed E-state index contributed by atoms with van der Waals surface area (Å²) in [6.07, 6.45) is 2.82. The first kappa shape index (κ1) is 16.0. The fourth-order valence-corrected chi connectivity index (χ4v) is 4.19. The van der Waals surface area contributed by atoms with Gasteiger partial charge in [0.25, 0.3) is 0 Å². The van der Waals surface area contributed by atoms with Gasteiger partial charge >= 0.3 is 5.97 Å². The van der Waals surface area contributed by atoms with Crippen molar-refractivity contribution in [2.45, 2.75) is 31.9 Å². The Balaban J connectivity index is 2.13. The topological polar surface area (TPSA) is 74.7 Å². The van der Waals surface area contributed by atoms with Gasteiger partial charge in [-0.3, -0.25) is 0 Å². The Hall–Kier alpha value is -1.40. The van der Waals surface area contributed by atoms with Gasteiger partial charge in [0.2, 0.25) is 10.0 Å². The van der Waals surface area contributed by atoms with Crippen molar-refractivity contribution >= 4 is 16.0 Å². The first-order chi connectivity index (χ1) is 9.88. The van der Waals surface area contributed by atoms with Crippen LogP contribution in [0.25, 0.3) is 0 Å². The number of carbonyl (C=O) groups is 1. The minimum Gasteiger partial charge on any atom is -0.478 e. The van der Waals surface area contributed by atoms with Crippen LogP contribution in [0.2, 0.25) is 0 Å². The molecule has 1 aromatic carbocycles. The lowest BCUT2D eigenvalue weighted by molar-refractivity contribution is 0.0696. The first-order valence-corrected chi connectivity index (χ1v) is 8.79. The minimum absolute atomic E-state index is 0.118. The van der Waals surface area contributed by atoms with E-state index in [2.05, 4.69) is 6.92 Å². The molecule has 1 aliphatic heterocycles. The van der Waals surface area contributed by atoms with Crippen LogP contribution >= 0.6 is 0 Å². The lowest BCUT2D eigenvalue weighted by atomic mass is 10.0. The van der Waals surface area contributed by atoms with Crippen LogP contribution in [0, 0.1) is 5.92 Å². The number of nitrogens with zero attached hydrogens (tertiary/aromatic N) is 1. The Labute approximate surface area is 125 Å². The highest BCUT2D eigenvalue weighted by Crippen LogP contribution is 2.21. The van der Waals surface area contributed by atoms with Gasteiger partial charge in [0.1, 0.15) is 0 Å². The van der Waals surface area contributed by atoms with E-state index < -0.39 is 16.0 Å². The summed E-state index contributed by atoms with van der Waals surface area (Å²) in [6.45, 7) is 3.26. The third-order valence-electron chi connectivity index (χ3n) is 3.89. The molecule has 5 nitrogen and oxygen atoms in total. The van der Waals surface area contributed by atoms with Crippen LogP contribution < -0.4 is 0 Å². The predicted molar refractivity (Wildman–Crippen MR) is 80.6 cm³/mol. The molecular formula is C15H21NO4S. The number of sulfonamides is 1. The van der Waals surface area contributed by atoms with Gasteiger partial charge in [0.05, 0.1) is 11.3 Å². The van der Waals surface area contributed by atoms with E-state index in [4.69, 9.17) is 5.11 Å². The minimum atomic E-state index is -3.39. The van der Waals surface area contributed by atoms with E-state index >= 15 is 0 Å². The van der Waals surface area contributed by atoms with Crippen molar-refractivity contribution < 1.29 is 18.3 Å². The number of carboxylic acids is 1. The van der Waals surface area contributed by atoms with Gasteiger partial charge in [-0.1, -0.05) is 19.1 Å². The van der Waals surface area contributed by atoms with E-state index in [0.29, 0.717) is 24.6 Å². The largest absolute Gasteiger partial charge is 0.478 e. The fraction of sp³-hybridized carbons (Fsp3) is 0.533. The van der Waals surface area contributed by atoms with Crippen molar-refractivity contribution in [1.29, 1.82) is 0 Å². The standard InChI is InChI=1S/C15H21NO4S/c1-12-4-3-8-16(9-7-12)21(19,20)11-13-5-2-6-14(10-13)15(17)18/h2,5-6,10,12H,3-4,7-9,11H2,1H3,(H,17,18). The SMILES string of the molecule is CC1CCCN(S(=O)(=O)Cc2cccc(C(=O)O)c2)CC1. The zero-order valence-electron chi connectivity index (χ0n) is 12.2. The third kappa shape index (κ3) is 4.28. The van der Waals surface area contributed by atoms with Crippen molar-refractivity contribution in [2.75, 3.05) is 13.1 Å². The quantitative estimate of drug-likeness (QED) is 0.926. The zero-order valence-corrected chi connectivity index (χ0v) is 13.0. The van der Waals surface area contributed by atoms with E-state index in [-0.39, 0.29) is 11.3 Å². The second-order valence-electron chi connectivity index (χ2n) is 5.70. The number of hydrogen-bond donors (Lipinski definition) is 1. The van der Waals surface area contributed by atoms with E-state index in [1.807, 2.05) is 0 Å². The van der Waals surface area contributed by atoms with Crippen molar-refractivity contribution in [3.8, 4) is 0 Å². The molecule has 0 aromatic heterocycles. The maximum atomic E-state index is 12.5. The average molecular weight is 311 g/mol. The normalized spacial score (nSPS) is 20.9. The lowest BCUT2D eigenvalue weighted by Gasteiger charge is -2.20. The second-order valence-corrected chi connectivity index (χ2v) is 7.67. The maximum Gasteiger partial charge on any atom is 0.335 e. The summed E-state index contributed by atoms with van der Waals surface area (Å²) in [6, 6.07) is 6.13. The number of aromatic carboxylic acids is 1. The summed E-state index contributed by atoms with van der Waals surface area (Å²) in [5.74, 6) is -0.624. The fourth-order valence-electron chi connectivity index (χ4n) is 2.61. The van der Waals surface area contributed by atoms with Crippen molar-refractivity contribution in [3.05, 3.63) is 35.4 Å². The molecule has 0 radical (unpaired) electrons. The highest BCUT2D eigenvalue weighted by molar-refractivity contribution is 7.88. The van der Waals surface area contributed by atoms with Gasteiger partial charge < -0.3 is 5.11 Å². The molecule has 1 aromatic rings. The monoisotopic (exact) mass is 311 g/mol. The molecular weight excluding hydrogens is 290 g/mol. The van der Waals surface area contributed by atoms with Crippen molar-refractivity contribution in [2.24, 2.45) is 5.92 Å². The zero-order chi connectivity index (χ0) is 15.5. The Kier molecular flexibility index (Phi) is 5.00. The Bertz CT molecular complexity index is 612. The number of hydrogen-bond acceptors (Lipinski definition) is 3. The Morgan fingerprint density at radius 2 is 2.10 bits per heavy atom. The van der Waals surface area contributed by atoms with E-state index in [1.165, 1.54) is 12.1 Å². The molecule has 0 aliphatic carbocycles. The number of carboxylic acid groups (broad SMARTS) is 1. The van der Waals surface area contributed by atoms with Crippen LogP contribution in [-0.2, 0) is 15.8 Å². The molecule has 0 spiro atoms. The van der Waals surface area contributed by atoms with Crippen LogP contribution in [0.4, 0.5) is 0 Å². The van der Waals surface area contributed by atoms with Gasteiger partial charge in [0, 0.05) is 13.1 Å². The van der Waals surface area contributed by atoms with Gasteiger partial charge in [-0.15, -0.1) is 0 Å². The molecule has 1 unspecified atom stereocenters. The lowest BCUT2D eigenvalue weighted by Crippen LogP contribution is -2.33. The third-order valence-corrected chi connectivity index (χ3v) is 5.74. The van der Waals surface area contributed by atoms with Crippen LogP contribution in [0.15, 0.2) is 24.3 Å². The summed E-state index contributed by atoms with van der Waals surface area (Å²) < 4.78 is 26.5. The van der Waals surface area contributed by atoms with Crippen molar-refractivity contribution in [1.82, 2.24) is 4.31 Å². The molecule has 1 fully saturated rings. The second kappa shape index (κ2) is 6.58. The summed E-state index contributed by atoms with van der Waals surface area (Å²) >= 11 is 0. The summed E-state index contributed by atoms with van der Waals surface area (Å²) in [4.78, 5) is 10.9. The Morgan fingerprint density at radius 3 is 2.81 bits per heavy atom. The summed E-state index contributed by atoms with van der Waals surface area (Å²) in [7, 11) is -3.39. The van der Waals surface area contributed by atoms with E-state index in [9.17, 15) is 13.2 Å². The molecule has 1 atom stereocenters. The highest BCUT2D eigenvalue weighted by atomic mass is 32.2. The molecule has 1 N–H and O–H groups in total. The van der Waals surface area contributed by atoms with Gasteiger partial charge in [-0.25, -0.2) is 17.5 Å². The molecule has 2 rings (SSSR count). The van der Waals surface area contributed by atoms with Crippen LogP contribution in [0.5, 0.6) is 0 Å². The number of rotatable bonds is 4. The predicted octanol–water partition coefficient (Wildman–Crippen LogP) is 2.34. The molecule has 1 aliphatic rings. The summed E-state index contributed by atoms with van der Waals surface area (Å²) in [5.41, 5.74) is 0.638. The van der Waals surface area contributed by atoms with E-state index in [0.717, 1.165) is 19.3 Å². The van der Waals surface area contributed by atoms with Crippen LogP contribution in [0.1, 0.15) is 42.1 Å². The highest BCUT2D eigenvalue weighted by Gasteiger charge is 2.25. The average Bonchev–Trinajstić information content (AvgIpc) is 2.64.